The van der Waals surface area contributed by atoms with Crippen molar-refractivity contribution in [1.29, 1.82) is 0 Å². The van der Waals surface area contributed by atoms with Crippen LogP contribution < -0.4 is 4.74 Å². The first-order valence-electron chi connectivity index (χ1n) is 17.2. The highest BCUT2D eigenvalue weighted by atomic mass is 16.5. The maximum absolute atomic E-state index is 6.70. The van der Waals surface area contributed by atoms with Crippen molar-refractivity contribution >= 4 is 76.1 Å². The van der Waals surface area contributed by atoms with Crippen LogP contribution in [0, 0.1) is 0 Å². The third kappa shape index (κ3) is 4.09. The summed E-state index contributed by atoms with van der Waals surface area (Å²) in [5.74, 6) is 2.37. The predicted octanol–water partition coefficient (Wildman–Crippen LogP) is 11.9. The molecule has 4 heterocycles. The largest absolute Gasteiger partial charge is 0.457 e. The monoisotopic (exact) mass is 652 g/mol. The topological polar surface area (TPSA) is 44.9 Å². The Bertz CT molecular complexity index is 3130. The molecule has 0 atom stereocenters. The summed E-state index contributed by atoms with van der Waals surface area (Å²) in [5, 5.41) is 10.5. The number of hydrogen-bond donors (Lipinski definition) is 0. The van der Waals surface area contributed by atoms with E-state index in [9.17, 15) is 0 Å². The molecule has 5 nitrogen and oxygen atoms in total. The minimum absolute atomic E-state index is 0.753. The van der Waals surface area contributed by atoms with Crippen molar-refractivity contribution in [3.8, 4) is 23.0 Å². The number of fused-ring (bicyclic) bond motifs is 13. The van der Waals surface area contributed by atoms with E-state index in [1.165, 1.54) is 32.4 Å². The number of nitrogens with zero attached hydrogens (tertiary/aromatic N) is 4. The Labute approximate surface area is 292 Å². The van der Waals surface area contributed by atoms with Gasteiger partial charge in [-0.25, -0.2) is 4.98 Å². The third-order valence-electron chi connectivity index (χ3n) is 10.2. The second kappa shape index (κ2) is 10.8. The molecule has 4 aromatic heterocycles. The maximum atomic E-state index is 6.70. The molecule has 0 saturated heterocycles. The molecule has 0 N–H and O–H groups in total. The van der Waals surface area contributed by atoms with Gasteiger partial charge in [0.1, 0.15) is 17.3 Å². The third-order valence-corrected chi connectivity index (χ3v) is 10.2. The van der Waals surface area contributed by atoms with Gasteiger partial charge in [-0.1, -0.05) is 78.9 Å². The van der Waals surface area contributed by atoms with Crippen LogP contribution in [0.15, 0.2) is 170 Å². The second-order valence-electron chi connectivity index (χ2n) is 13.0. The van der Waals surface area contributed by atoms with Crippen LogP contribution in [0.3, 0.4) is 0 Å². The highest BCUT2D eigenvalue weighted by Gasteiger charge is 2.21. The van der Waals surface area contributed by atoms with Gasteiger partial charge in [-0.2, -0.15) is 0 Å². The van der Waals surface area contributed by atoms with Gasteiger partial charge in [0.15, 0.2) is 0 Å². The van der Waals surface area contributed by atoms with Gasteiger partial charge < -0.3 is 9.30 Å². The molecule has 238 valence electrons. The van der Waals surface area contributed by atoms with Gasteiger partial charge >= 0.3 is 0 Å². The van der Waals surface area contributed by atoms with E-state index in [1.54, 1.807) is 0 Å². The zero-order chi connectivity index (χ0) is 33.5. The molecule has 5 heteroatoms. The molecular formula is C46H28N4O. The number of para-hydroxylation sites is 2. The summed E-state index contributed by atoms with van der Waals surface area (Å²) in [4.78, 5) is 9.70. The van der Waals surface area contributed by atoms with Crippen LogP contribution in [0.2, 0.25) is 0 Å². The van der Waals surface area contributed by atoms with Gasteiger partial charge in [-0.15, -0.1) is 0 Å². The van der Waals surface area contributed by atoms with Gasteiger partial charge in [0.05, 0.1) is 27.6 Å². The molecule has 51 heavy (non-hydrogen) atoms. The first-order valence-corrected chi connectivity index (χ1v) is 17.2. The summed E-state index contributed by atoms with van der Waals surface area (Å²) in [5.41, 5.74) is 6.57. The average molecular weight is 653 g/mol. The van der Waals surface area contributed by atoms with Crippen molar-refractivity contribution in [3.05, 3.63) is 170 Å². The van der Waals surface area contributed by atoms with Crippen molar-refractivity contribution < 1.29 is 4.74 Å². The van der Waals surface area contributed by atoms with Crippen LogP contribution in [-0.4, -0.2) is 19.1 Å². The van der Waals surface area contributed by atoms with E-state index in [2.05, 4.69) is 149 Å². The van der Waals surface area contributed by atoms with E-state index in [4.69, 9.17) is 14.7 Å². The smallest absolute Gasteiger partial charge is 0.137 e. The summed E-state index contributed by atoms with van der Waals surface area (Å²) in [7, 11) is 0. The zero-order valence-corrected chi connectivity index (χ0v) is 27.4. The Morgan fingerprint density at radius 3 is 1.90 bits per heavy atom. The van der Waals surface area contributed by atoms with Crippen molar-refractivity contribution in [3.63, 3.8) is 0 Å². The number of ether oxygens (including phenoxy) is 1. The molecule has 7 aromatic carbocycles. The molecule has 0 bridgehead atoms. The lowest BCUT2D eigenvalue weighted by Gasteiger charge is -2.12. The van der Waals surface area contributed by atoms with Crippen molar-refractivity contribution in [1.82, 2.24) is 19.1 Å². The van der Waals surface area contributed by atoms with Crippen LogP contribution in [0.5, 0.6) is 11.5 Å². The van der Waals surface area contributed by atoms with Crippen LogP contribution in [0.4, 0.5) is 0 Å². The Morgan fingerprint density at radius 1 is 0.392 bits per heavy atom. The molecule has 0 aliphatic heterocycles. The van der Waals surface area contributed by atoms with E-state index in [1.807, 2.05) is 30.6 Å². The lowest BCUT2D eigenvalue weighted by molar-refractivity contribution is 0.484. The van der Waals surface area contributed by atoms with Crippen LogP contribution >= 0.6 is 0 Å². The Kier molecular flexibility index (Phi) is 5.89. The fourth-order valence-electron chi connectivity index (χ4n) is 8.12. The lowest BCUT2D eigenvalue weighted by atomic mass is 9.97. The average Bonchev–Trinajstić information content (AvgIpc) is 3.71. The molecule has 11 rings (SSSR count). The van der Waals surface area contributed by atoms with Crippen molar-refractivity contribution in [2.24, 2.45) is 0 Å². The van der Waals surface area contributed by atoms with E-state index in [-0.39, 0.29) is 0 Å². The molecule has 0 radical (unpaired) electrons. The first kappa shape index (κ1) is 27.9. The number of rotatable bonds is 4. The highest BCUT2D eigenvalue weighted by molar-refractivity contribution is 6.26. The van der Waals surface area contributed by atoms with Gasteiger partial charge in [0.25, 0.3) is 0 Å². The fraction of sp³-hybridized carbons (Fsp3) is 0. The summed E-state index contributed by atoms with van der Waals surface area (Å²) in [6, 6.07) is 55.3. The molecule has 0 amide bonds. The van der Waals surface area contributed by atoms with Crippen LogP contribution in [0.1, 0.15) is 0 Å². The van der Waals surface area contributed by atoms with Gasteiger partial charge in [-0.05, 0) is 89.0 Å². The Balaban J connectivity index is 1.15. The first-order chi connectivity index (χ1) is 25.3. The SMILES string of the molecule is c1ccc(-n2c3ccccc3c3c2ccc2c4ccc(Oc5ccc6c7ccccc7c7cccnc7c6c5)cc4n(-c4ccccn4)c23)cc1. The van der Waals surface area contributed by atoms with E-state index < -0.39 is 0 Å². The number of benzene rings is 7. The molecule has 0 saturated carbocycles. The molecule has 0 aliphatic rings. The van der Waals surface area contributed by atoms with Crippen LogP contribution in [0.25, 0.3) is 87.6 Å². The maximum Gasteiger partial charge on any atom is 0.137 e. The van der Waals surface area contributed by atoms with E-state index >= 15 is 0 Å². The van der Waals surface area contributed by atoms with Gasteiger partial charge in [0, 0.05) is 56.5 Å². The van der Waals surface area contributed by atoms with Gasteiger partial charge in [0.2, 0.25) is 0 Å². The molecule has 0 spiro atoms. The standard InChI is InChI=1S/C46H28N4O/c1-2-11-29(12-3-1)49-40-17-7-6-15-38(40)44-41(49)24-23-37-35-22-20-31(28-42(35)50(46(37)44)43-18-8-9-25-47-43)51-30-19-21-34-32-13-4-5-14-33(32)36-16-10-26-48-45(36)39(34)27-30/h1-28H. The number of hydrogen-bond acceptors (Lipinski definition) is 3. The predicted molar refractivity (Wildman–Crippen MR) is 210 cm³/mol. The van der Waals surface area contributed by atoms with E-state index in [0.717, 1.165) is 66.6 Å². The molecule has 0 aliphatic carbocycles. The number of pyridine rings is 2. The number of aromatic nitrogens is 4. The summed E-state index contributed by atoms with van der Waals surface area (Å²) >= 11 is 0. The summed E-state index contributed by atoms with van der Waals surface area (Å²) in [6.07, 6.45) is 3.72. The lowest BCUT2D eigenvalue weighted by Crippen LogP contribution is -1.97. The normalized spacial score (nSPS) is 11.9. The molecule has 11 aromatic rings. The highest BCUT2D eigenvalue weighted by Crippen LogP contribution is 2.43. The second-order valence-corrected chi connectivity index (χ2v) is 13.0. The van der Waals surface area contributed by atoms with E-state index in [0.29, 0.717) is 0 Å². The minimum Gasteiger partial charge on any atom is -0.457 e. The molecular weight excluding hydrogens is 625 g/mol. The Morgan fingerprint density at radius 2 is 1.06 bits per heavy atom. The molecule has 0 fully saturated rings. The summed E-state index contributed by atoms with van der Waals surface area (Å²) in [6.45, 7) is 0. The Hall–Kier alpha value is -6.98. The molecule has 0 unspecified atom stereocenters. The van der Waals surface area contributed by atoms with Gasteiger partial charge in [-0.3, -0.25) is 9.55 Å². The minimum atomic E-state index is 0.753. The fourth-order valence-corrected chi connectivity index (χ4v) is 8.12. The van der Waals surface area contributed by atoms with Crippen molar-refractivity contribution in [2.75, 3.05) is 0 Å². The van der Waals surface area contributed by atoms with Crippen LogP contribution in [-0.2, 0) is 0 Å². The summed E-state index contributed by atoms with van der Waals surface area (Å²) < 4.78 is 11.4. The zero-order valence-electron chi connectivity index (χ0n) is 27.4. The quantitative estimate of drug-likeness (QED) is 0.178. The van der Waals surface area contributed by atoms with Crippen molar-refractivity contribution in [2.45, 2.75) is 0 Å².